The van der Waals surface area contributed by atoms with E-state index in [4.69, 9.17) is 0 Å². The highest BCUT2D eigenvalue weighted by Crippen LogP contribution is 2.08. The Morgan fingerprint density at radius 3 is 2.06 bits per heavy atom. The number of rotatable bonds is 8. The molecule has 0 fully saturated rings. The molecule has 17 heavy (non-hydrogen) atoms. The lowest BCUT2D eigenvalue weighted by Crippen LogP contribution is -1.97. The number of methoxy groups -OCH3 is 1. The fourth-order valence-corrected chi connectivity index (χ4v) is 2.52. The van der Waals surface area contributed by atoms with Crippen LogP contribution in [0, 0.1) is 0 Å². The fraction of sp³-hybridized carbons (Fsp3) is 0.786. The molecular formula is C14H30O2Si. The Labute approximate surface area is 109 Å². The van der Waals surface area contributed by atoms with E-state index in [9.17, 15) is 4.79 Å². The summed E-state index contributed by atoms with van der Waals surface area (Å²) in [5.74, 6) is -0.394. The average Bonchev–Trinajstić information content (AvgIpc) is 2.33. The number of hydrogen-bond donors (Lipinski definition) is 0. The van der Waals surface area contributed by atoms with Crippen molar-refractivity contribution in [2.45, 2.75) is 64.6 Å². The monoisotopic (exact) mass is 258 g/mol. The molecule has 0 saturated heterocycles. The Hall–Kier alpha value is -0.573. The molecule has 2 nitrogen and oxygen atoms in total. The van der Waals surface area contributed by atoms with Gasteiger partial charge in [0.2, 0.25) is 0 Å². The van der Waals surface area contributed by atoms with Crippen molar-refractivity contribution in [3.8, 4) is 0 Å². The van der Waals surface area contributed by atoms with Gasteiger partial charge in [0.25, 0.3) is 0 Å². The zero-order valence-electron chi connectivity index (χ0n) is 12.1. The van der Waals surface area contributed by atoms with Gasteiger partial charge < -0.3 is 4.74 Å². The summed E-state index contributed by atoms with van der Waals surface area (Å²) in [7, 11) is 1.08. The van der Waals surface area contributed by atoms with Gasteiger partial charge in [-0.15, -0.1) is 0 Å². The highest BCUT2D eigenvalue weighted by Gasteiger charge is 1.94. The predicted molar refractivity (Wildman–Crippen MR) is 79.3 cm³/mol. The van der Waals surface area contributed by atoms with E-state index >= 15 is 0 Å². The Bertz CT molecular complexity index is 179. The molecule has 0 aliphatic carbocycles. The van der Waals surface area contributed by atoms with Crippen LogP contribution >= 0.6 is 0 Å². The minimum absolute atomic E-state index is 0.229. The molecule has 0 N–H and O–H groups in total. The molecule has 0 amide bonds. The lowest BCUT2D eigenvalue weighted by atomic mass is 10.1. The van der Waals surface area contributed by atoms with E-state index in [0.717, 1.165) is 6.08 Å². The zero-order chi connectivity index (χ0) is 13.5. The minimum Gasteiger partial charge on any atom is -0.466 e. The number of esters is 1. The first-order valence-electron chi connectivity index (χ1n) is 6.78. The summed E-state index contributed by atoms with van der Waals surface area (Å²) in [6, 6.07) is 1.56. The van der Waals surface area contributed by atoms with Gasteiger partial charge in [0, 0.05) is 14.9 Å². The summed E-state index contributed by atoms with van der Waals surface area (Å²) in [5, 5.41) is 0. The number of carbonyl (C=O) groups is 1. The Morgan fingerprint density at radius 1 is 1.18 bits per heavy atom. The van der Waals surface area contributed by atoms with Crippen LogP contribution in [-0.4, -0.2) is 21.9 Å². The summed E-state index contributed by atoms with van der Waals surface area (Å²) in [5.41, 5.74) is 0. The molecule has 0 atom stereocenters. The van der Waals surface area contributed by atoms with Gasteiger partial charge in [0.05, 0.1) is 7.11 Å². The molecule has 0 aromatic carbocycles. The second kappa shape index (κ2) is 15.4. The first-order chi connectivity index (χ1) is 8.08. The number of unbranched alkanes of at least 4 members (excludes halogenated alkanes) is 5. The minimum atomic E-state index is -0.394. The lowest BCUT2D eigenvalue weighted by Gasteiger charge is -2.02. The van der Waals surface area contributed by atoms with Gasteiger partial charge >= 0.3 is 5.97 Å². The van der Waals surface area contributed by atoms with E-state index in [1.54, 1.807) is 6.04 Å². The first-order valence-corrected chi connectivity index (χ1v) is 9.91. The molecule has 0 unspecified atom stereocenters. The number of hydrogen-bond acceptors (Lipinski definition) is 2. The molecule has 0 saturated carbocycles. The molecule has 0 aliphatic heterocycles. The molecule has 0 rings (SSSR count). The van der Waals surface area contributed by atoms with Crippen molar-refractivity contribution in [3.05, 3.63) is 12.7 Å². The molecule has 0 bridgehead atoms. The van der Waals surface area contributed by atoms with Crippen molar-refractivity contribution >= 4 is 14.8 Å². The second-order valence-electron chi connectivity index (χ2n) is 4.68. The Morgan fingerprint density at radius 2 is 1.71 bits per heavy atom. The molecular weight excluding hydrogens is 228 g/mol. The fourth-order valence-electron chi connectivity index (χ4n) is 1.42. The highest BCUT2D eigenvalue weighted by molar-refractivity contribution is 6.55. The predicted octanol–water partition coefficient (Wildman–Crippen LogP) is 4.18. The van der Waals surface area contributed by atoms with Crippen LogP contribution in [-0.2, 0) is 9.53 Å². The van der Waals surface area contributed by atoms with Crippen LogP contribution in [0.5, 0.6) is 0 Å². The van der Waals surface area contributed by atoms with Gasteiger partial charge in [-0.2, -0.15) is 0 Å². The van der Waals surface area contributed by atoms with Gasteiger partial charge in [-0.05, 0) is 0 Å². The molecule has 0 heterocycles. The summed E-state index contributed by atoms with van der Waals surface area (Å²) >= 11 is 0. The van der Waals surface area contributed by atoms with Crippen LogP contribution in [0.25, 0.3) is 0 Å². The molecule has 0 aromatic rings. The van der Waals surface area contributed by atoms with Crippen molar-refractivity contribution < 1.29 is 9.53 Å². The third-order valence-corrected chi connectivity index (χ3v) is 4.07. The maximum atomic E-state index is 9.84. The second-order valence-corrected chi connectivity index (χ2v) is 8.04. The number of carbonyl (C=O) groups excluding carboxylic acids is 1. The van der Waals surface area contributed by atoms with E-state index in [1.165, 1.54) is 45.6 Å². The third kappa shape index (κ3) is 21.3. The van der Waals surface area contributed by atoms with E-state index in [-0.39, 0.29) is 8.80 Å². The normalized spacial score (nSPS) is 9.47. The quantitative estimate of drug-likeness (QED) is 0.282. The molecule has 0 aromatic heterocycles. The van der Waals surface area contributed by atoms with Crippen molar-refractivity contribution in [1.82, 2.24) is 0 Å². The van der Waals surface area contributed by atoms with E-state index in [2.05, 4.69) is 31.3 Å². The molecule has 0 radical (unpaired) electrons. The van der Waals surface area contributed by atoms with Gasteiger partial charge in [-0.25, -0.2) is 4.79 Å². The summed E-state index contributed by atoms with van der Waals surface area (Å²) in [6.45, 7) is 10.3. The molecule has 0 spiro atoms. The standard InChI is InChI=1S/C10H24Si.C4H6O2/c1-4-5-6-7-8-9-10-11(2)3;1-3-4(5)6-2/h11H,4-10H2,1-3H3;3H,1H2,2H3. The van der Waals surface area contributed by atoms with Crippen molar-refractivity contribution in [1.29, 1.82) is 0 Å². The van der Waals surface area contributed by atoms with Crippen LogP contribution in [0.1, 0.15) is 45.4 Å². The smallest absolute Gasteiger partial charge is 0.329 e. The largest absolute Gasteiger partial charge is 0.466 e. The van der Waals surface area contributed by atoms with Crippen LogP contribution in [0.3, 0.4) is 0 Å². The van der Waals surface area contributed by atoms with E-state index in [0.29, 0.717) is 0 Å². The van der Waals surface area contributed by atoms with E-state index < -0.39 is 5.97 Å². The summed E-state index contributed by atoms with van der Waals surface area (Å²) in [6.07, 6.45) is 9.88. The Balaban J connectivity index is 0. The summed E-state index contributed by atoms with van der Waals surface area (Å²) < 4.78 is 4.14. The maximum Gasteiger partial charge on any atom is 0.329 e. The van der Waals surface area contributed by atoms with Crippen molar-refractivity contribution in [3.63, 3.8) is 0 Å². The lowest BCUT2D eigenvalue weighted by molar-refractivity contribution is -0.134. The third-order valence-electron chi connectivity index (χ3n) is 2.50. The van der Waals surface area contributed by atoms with Gasteiger partial charge in [-0.1, -0.05) is 71.2 Å². The van der Waals surface area contributed by atoms with Gasteiger partial charge in [-0.3, -0.25) is 0 Å². The van der Waals surface area contributed by atoms with Crippen LogP contribution in [0.15, 0.2) is 12.7 Å². The molecule has 102 valence electrons. The first kappa shape index (κ1) is 18.8. The van der Waals surface area contributed by atoms with Crippen LogP contribution in [0.4, 0.5) is 0 Å². The molecule has 0 aliphatic rings. The number of ether oxygens (including phenoxy) is 1. The Kier molecular flexibility index (Phi) is 17.0. The van der Waals surface area contributed by atoms with Crippen molar-refractivity contribution in [2.24, 2.45) is 0 Å². The zero-order valence-corrected chi connectivity index (χ0v) is 13.3. The van der Waals surface area contributed by atoms with Crippen LogP contribution in [0.2, 0.25) is 19.1 Å². The average molecular weight is 258 g/mol. The van der Waals surface area contributed by atoms with E-state index in [1.807, 2.05) is 0 Å². The van der Waals surface area contributed by atoms with Crippen LogP contribution < -0.4 is 0 Å². The topological polar surface area (TPSA) is 26.3 Å². The molecule has 3 heteroatoms. The highest BCUT2D eigenvalue weighted by atomic mass is 28.3. The van der Waals surface area contributed by atoms with Gasteiger partial charge in [0.15, 0.2) is 0 Å². The van der Waals surface area contributed by atoms with Gasteiger partial charge in [0.1, 0.15) is 0 Å². The SMILES string of the molecule is C=CC(=O)OC.CCCCCCCC[SiH](C)C. The summed E-state index contributed by atoms with van der Waals surface area (Å²) in [4.78, 5) is 9.84. The maximum absolute atomic E-state index is 9.84. The van der Waals surface area contributed by atoms with Crippen molar-refractivity contribution in [2.75, 3.05) is 7.11 Å².